The molecule has 0 aromatic heterocycles. The fourth-order valence-electron chi connectivity index (χ4n) is 1.16. The van der Waals surface area contributed by atoms with Gasteiger partial charge in [-0.25, -0.2) is 0 Å². The van der Waals surface area contributed by atoms with Gasteiger partial charge in [-0.05, 0) is 0 Å². The van der Waals surface area contributed by atoms with Gasteiger partial charge in [0.2, 0.25) is 0 Å². The van der Waals surface area contributed by atoms with Gasteiger partial charge in [0, 0.05) is 0 Å². The van der Waals surface area contributed by atoms with Crippen molar-refractivity contribution in [2.45, 2.75) is 42.6 Å². The van der Waals surface area contributed by atoms with Crippen LogP contribution in [0.5, 0.6) is 0 Å². The van der Waals surface area contributed by atoms with Crippen LogP contribution in [-0.2, 0) is 24.0 Å². The Morgan fingerprint density at radius 1 is 1.00 bits per heavy atom. The maximum absolute atomic E-state index is 5.43. The van der Waals surface area contributed by atoms with Crippen LogP contribution in [0.1, 0.15) is 32.6 Å². The van der Waals surface area contributed by atoms with Gasteiger partial charge in [0.1, 0.15) is 0 Å². The summed E-state index contributed by atoms with van der Waals surface area (Å²) in [4.78, 5) is 0. The summed E-state index contributed by atoms with van der Waals surface area (Å²) < 4.78 is 12.0. The fraction of sp³-hybridized carbons (Fsp3) is 1.00. The Balaban J connectivity index is 3.45. The molecule has 74 valence electrons. The average Bonchev–Trinajstić information content (AvgIpc) is 2.12. The van der Waals surface area contributed by atoms with Crippen LogP contribution < -0.4 is 0 Å². The van der Waals surface area contributed by atoms with Crippen molar-refractivity contribution in [1.82, 2.24) is 0 Å². The number of hydrogen-bond donors (Lipinski definition) is 0. The molecule has 3 heteroatoms. The SMILES string of the molecule is CCCCC[CH2][Ti]([CH3])([O]C)[O]C. The first-order chi connectivity index (χ1) is 5.68. The van der Waals surface area contributed by atoms with Crippen molar-refractivity contribution in [2.24, 2.45) is 0 Å². The molecule has 0 saturated carbocycles. The van der Waals surface area contributed by atoms with E-state index < -0.39 is 17.4 Å². The molecule has 0 bridgehead atoms. The zero-order chi connectivity index (χ0) is 9.45. The van der Waals surface area contributed by atoms with E-state index >= 15 is 0 Å². The summed E-state index contributed by atoms with van der Waals surface area (Å²) in [5, 5.41) is 2.17. The van der Waals surface area contributed by atoms with Gasteiger partial charge >= 0.3 is 80.8 Å². The van der Waals surface area contributed by atoms with Crippen molar-refractivity contribution in [3.05, 3.63) is 0 Å². The molecule has 0 saturated heterocycles. The summed E-state index contributed by atoms with van der Waals surface area (Å²) in [5.41, 5.74) is 0. The van der Waals surface area contributed by atoms with Crippen LogP contribution in [0.25, 0.3) is 0 Å². The second-order valence-electron chi connectivity index (χ2n) is 3.35. The van der Waals surface area contributed by atoms with E-state index in [1.165, 1.54) is 30.4 Å². The molecule has 0 radical (unpaired) electrons. The fourth-order valence-corrected chi connectivity index (χ4v) is 3.45. The molecule has 0 fully saturated rings. The quantitative estimate of drug-likeness (QED) is 0.474. The van der Waals surface area contributed by atoms with E-state index in [-0.39, 0.29) is 0 Å². The van der Waals surface area contributed by atoms with Crippen molar-refractivity contribution in [3.8, 4) is 0 Å². The summed E-state index contributed by atoms with van der Waals surface area (Å²) in [6.45, 7) is 2.23. The Hall–Kier alpha value is 0.634. The topological polar surface area (TPSA) is 18.5 Å². The zero-order valence-corrected chi connectivity index (χ0v) is 10.4. The Labute approximate surface area is 80.9 Å². The second kappa shape index (κ2) is 7.08. The van der Waals surface area contributed by atoms with Crippen molar-refractivity contribution < 1.29 is 24.0 Å². The van der Waals surface area contributed by atoms with E-state index in [0.29, 0.717) is 0 Å². The average molecular weight is 210 g/mol. The molecule has 0 spiro atoms. The van der Waals surface area contributed by atoms with Crippen molar-refractivity contribution in [2.75, 3.05) is 14.2 Å². The molecular weight excluding hydrogens is 188 g/mol. The molecule has 0 N–H and O–H groups in total. The van der Waals surface area contributed by atoms with E-state index in [2.05, 4.69) is 12.2 Å². The summed E-state index contributed by atoms with van der Waals surface area (Å²) in [6, 6.07) is 0. The predicted molar refractivity (Wildman–Crippen MR) is 48.8 cm³/mol. The Bertz CT molecular complexity index is 103. The third-order valence-electron chi connectivity index (χ3n) is 2.35. The zero-order valence-electron chi connectivity index (χ0n) is 8.85. The Morgan fingerprint density at radius 2 is 1.58 bits per heavy atom. The van der Waals surface area contributed by atoms with Crippen molar-refractivity contribution in [3.63, 3.8) is 0 Å². The number of hydrogen-bond acceptors (Lipinski definition) is 2. The molecule has 0 aliphatic heterocycles. The third-order valence-corrected chi connectivity index (χ3v) is 7.02. The predicted octanol–water partition coefficient (Wildman–Crippen LogP) is 3.31. The van der Waals surface area contributed by atoms with Crippen LogP contribution in [0, 0.1) is 0 Å². The summed E-state index contributed by atoms with van der Waals surface area (Å²) in [6.07, 6.45) is 5.23. The number of rotatable bonds is 7. The van der Waals surface area contributed by atoms with Gasteiger partial charge in [-0.1, -0.05) is 0 Å². The summed E-state index contributed by atoms with van der Waals surface area (Å²) >= 11 is -2.23. The molecule has 12 heavy (non-hydrogen) atoms. The van der Waals surface area contributed by atoms with E-state index in [1.54, 1.807) is 14.2 Å². The molecule has 0 aliphatic rings. The second-order valence-corrected chi connectivity index (χ2v) is 8.95. The minimum atomic E-state index is -2.23. The van der Waals surface area contributed by atoms with E-state index in [9.17, 15) is 0 Å². The van der Waals surface area contributed by atoms with Gasteiger partial charge in [0.25, 0.3) is 0 Å². The molecule has 0 aliphatic carbocycles. The standard InChI is InChI=1S/C6H13.2CH3O.CH3.Ti/c1-3-5-6-4-2;2*1-2;;/h1,3-6H2,2H3;2*1H3;1H3;/q;2*-1;;+2. The van der Waals surface area contributed by atoms with Crippen LogP contribution >= 0.6 is 0 Å². The summed E-state index contributed by atoms with van der Waals surface area (Å²) in [7, 11) is 3.56. The molecule has 2 nitrogen and oxygen atoms in total. The molecule has 0 aromatic rings. The molecule has 0 rings (SSSR count). The van der Waals surface area contributed by atoms with Crippen LogP contribution in [0.4, 0.5) is 0 Å². The first-order valence-electron chi connectivity index (χ1n) is 4.79. The number of unbranched alkanes of at least 4 members (excludes halogenated alkanes) is 3. The third kappa shape index (κ3) is 5.31. The van der Waals surface area contributed by atoms with Crippen LogP contribution in [0.3, 0.4) is 0 Å². The molecule has 0 unspecified atom stereocenters. The first-order valence-corrected chi connectivity index (χ1v) is 8.73. The van der Waals surface area contributed by atoms with Crippen LogP contribution in [0.15, 0.2) is 0 Å². The Kier molecular flexibility index (Phi) is 7.45. The Morgan fingerprint density at radius 3 is 2.00 bits per heavy atom. The van der Waals surface area contributed by atoms with E-state index in [4.69, 9.17) is 6.64 Å². The van der Waals surface area contributed by atoms with Gasteiger partial charge in [0.05, 0.1) is 0 Å². The van der Waals surface area contributed by atoms with Gasteiger partial charge in [0.15, 0.2) is 0 Å². The molecule has 0 atom stereocenters. The molecule has 0 heterocycles. The van der Waals surface area contributed by atoms with Gasteiger partial charge in [-0.15, -0.1) is 0 Å². The summed E-state index contributed by atoms with van der Waals surface area (Å²) in [5.74, 6) is 0. The maximum atomic E-state index is 5.43. The van der Waals surface area contributed by atoms with E-state index in [1.807, 2.05) is 0 Å². The normalized spacial score (nSPS) is 12.0. The van der Waals surface area contributed by atoms with Crippen molar-refractivity contribution >= 4 is 0 Å². The molecule has 0 aromatic carbocycles. The van der Waals surface area contributed by atoms with Crippen LogP contribution in [0.2, 0.25) is 9.95 Å². The minimum absolute atomic E-state index is 1.17. The molecular formula is C9H22O2Ti. The first kappa shape index (κ1) is 12.6. The van der Waals surface area contributed by atoms with Gasteiger partial charge in [-0.3, -0.25) is 0 Å². The monoisotopic (exact) mass is 210 g/mol. The van der Waals surface area contributed by atoms with Gasteiger partial charge in [-0.2, -0.15) is 0 Å². The van der Waals surface area contributed by atoms with Crippen LogP contribution in [-0.4, -0.2) is 14.2 Å². The molecule has 0 amide bonds. The van der Waals surface area contributed by atoms with Gasteiger partial charge < -0.3 is 0 Å². The van der Waals surface area contributed by atoms with E-state index in [0.717, 1.165) is 0 Å². The van der Waals surface area contributed by atoms with Crippen molar-refractivity contribution in [1.29, 1.82) is 0 Å².